The van der Waals surface area contributed by atoms with Crippen molar-refractivity contribution in [2.45, 2.75) is 25.5 Å². The molecule has 0 bridgehead atoms. The standard InChI is InChI=1S/C17H19NO6S/c1-11(16(19)18(2)13-7-8-25(21,22)10-13)23-17(20)15-9-12-5-3-4-6-14(12)24-15/h3-6,9,11,13H,7-8,10H2,1-2H3/t11-,13+/m1/s1. The first kappa shape index (κ1) is 17.5. The molecule has 7 nitrogen and oxygen atoms in total. The van der Waals surface area contributed by atoms with Gasteiger partial charge < -0.3 is 14.1 Å². The predicted octanol–water partition coefficient (Wildman–Crippen LogP) is 1.62. The number of fused-ring (bicyclic) bond motifs is 1. The first-order valence-corrected chi connectivity index (χ1v) is 9.75. The smallest absolute Gasteiger partial charge is 0.375 e. The first-order valence-electron chi connectivity index (χ1n) is 7.93. The van der Waals surface area contributed by atoms with Crippen molar-refractivity contribution in [2.24, 2.45) is 0 Å². The second-order valence-electron chi connectivity index (χ2n) is 6.20. The molecule has 1 saturated heterocycles. The lowest BCUT2D eigenvalue weighted by Gasteiger charge is -2.26. The minimum atomic E-state index is -3.10. The van der Waals surface area contributed by atoms with Crippen LogP contribution in [0.2, 0.25) is 0 Å². The van der Waals surface area contributed by atoms with Crippen LogP contribution in [0.1, 0.15) is 23.9 Å². The monoisotopic (exact) mass is 365 g/mol. The molecule has 1 aromatic carbocycles. The van der Waals surface area contributed by atoms with Crippen LogP contribution in [0.25, 0.3) is 11.0 Å². The van der Waals surface area contributed by atoms with Gasteiger partial charge in [-0.25, -0.2) is 13.2 Å². The van der Waals surface area contributed by atoms with Gasteiger partial charge in [0.1, 0.15) is 5.58 Å². The third-order valence-corrected chi connectivity index (χ3v) is 6.11. The summed E-state index contributed by atoms with van der Waals surface area (Å²) in [6, 6.07) is 8.32. The number of esters is 1. The van der Waals surface area contributed by atoms with E-state index in [9.17, 15) is 18.0 Å². The lowest BCUT2D eigenvalue weighted by Crippen LogP contribution is -2.44. The fourth-order valence-electron chi connectivity index (χ4n) is 2.90. The second-order valence-corrected chi connectivity index (χ2v) is 8.43. The van der Waals surface area contributed by atoms with E-state index >= 15 is 0 Å². The van der Waals surface area contributed by atoms with Gasteiger partial charge in [-0.1, -0.05) is 18.2 Å². The number of likely N-dealkylation sites (N-methyl/N-ethyl adjacent to an activating group) is 1. The topological polar surface area (TPSA) is 93.9 Å². The Bertz CT molecular complexity index is 883. The number of furan rings is 1. The Balaban J connectivity index is 1.65. The van der Waals surface area contributed by atoms with E-state index in [1.54, 1.807) is 24.3 Å². The molecule has 2 aromatic rings. The van der Waals surface area contributed by atoms with E-state index in [1.807, 2.05) is 6.07 Å². The predicted molar refractivity (Wildman–Crippen MR) is 90.9 cm³/mol. The Labute approximate surface area is 145 Å². The Hall–Kier alpha value is -2.35. The summed E-state index contributed by atoms with van der Waals surface area (Å²) in [6.45, 7) is 1.46. The van der Waals surface area contributed by atoms with Gasteiger partial charge >= 0.3 is 5.97 Å². The minimum Gasteiger partial charge on any atom is -0.449 e. The molecule has 2 heterocycles. The third kappa shape index (κ3) is 3.68. The van der Waals surface area contributed by atoms with E-state index in [4.69, 9.17) is 9.15 Å². The van der Waals surface area contributed by atoms with Crippen LogP contribution < -0.4 is 0 Å². The number of rotatable bonds is 4. The number of sulfone groups is 1. The quantitative estimate of drug-likeness (QED) is 0.765. The highest BCUT2D eigenvalue weighted by molar-refractivity contribution is 7.91. The van der Waals surface area contributed by atoms with Gasteiger partial charge in [0.15, 0.2) is 15.9 Å². The second kappa shape index (κ2) is 6.51. The van der Waals surface area contributed by atoms with Crippen LogP contribution in [0.5, 0.6) is 0 Å². The molecule has 0 aliphatic carbocycles. The summed E-state index contributed by atoms with van der Waals surface area (Å²) in [5, 5.41) is 0.765. The Morgan fingerprint density at radius 2 is 2.04 bits per heavy atom. The highest BCUT2D eigenvalue weighted by Gasteiger charge is 2.35. The van der Waals surface area contributed by atoms with Crippen LogP contribution >= 0.6 is 0 Å². The molecule has 0 unspecified atom stereocenters. The van der Waals surface area contributed by atoms with Crippen molar-refractivity contribution in [3.05, 3.63) is 36.1 Å². The maximum atomic E-state index is 12.4. The summed E-state index contributed by atoms with van der Waals surface area (Å²) in [5.41, 5.74) is 0.557. The number of hydrogen-bond acceptors (Lipinski definition) is 6. The van der Waals surface area contributed by atoms with Gasteiger partial charge in [0.25, 0.3) is 5.91 Å². The van der Waals surface area contributed by atoms with Crippen molar-refractivity contribution >= 4 is 32.7 Å². The van der Waals surface area contributed by atoms with Crippen molar-refractivity contribution in [3.8, 4) is 0 Å². The lowest BCUT2D eigenvalue weighted by molar-refractivity contribution is -0.140. The molecule has 0 spiro atoms. The van der Waals surface area contributed by atoms with Crippen molar-refractivity contribution in [3.63, 3.8) is 0 Å². The van der Waals surface area contributed by atoms with Crippen molar-refractivity contribution in [2.75, 3.05) is 18.6 Å². The number of benzene rings is 1. The zero-order valence-electron chi connectivity index (χ0n) is 14.0. The highest BCUT2D eigenvalue weighted by atomic mass is 32.2. The molecule has 1 amide bonds. The summed E-state index contributed by atoms with van der Waals surface area (Å²) in [6.07, 6.45) is -0.636. The molecule has 25 heavy (non-hydrogen) atoms. The summed E-state index contributed by atoms with van der Waals surface area (Å²) in [5.74, 6) is -1.13. The van der Waals surface area contributed by atoms with Gasteiger partial charge in [-0.2, -0.15) is 0 Å². The molecule has 1 aliphatic rings. The number of ether oxygens (including phenoxy) is 1. The van der Waals surface area contributed by atoms with Crippen LogP contribution in [-0.2, 0) is 19.4 Å². The molecular formula is C17H19NO6S. The summed E-state index contributed by atoms with van der Waals surface area (Å²) >= 11 is 0. The molecule has 0 saturated carbocycles. The number of nitrogens with zero attached hydrogens (tertiary/aromatic N) is 1. The van der Waals surface area contributed by atoms with E-state index in [2.05, 4.69) is 0 Å². The van der Waals surface area contributed by atoms with E-state index in [0.717, 1.165) is 5.39 Å². The average molecular weight is 365 g/mol. The first-order chi connectivity index (χ1) is 11.8. The molecule has 1 aromatic heterocycles. The molecule has 1 aliphatic heterocycles. The highest BCUT2D eigenvalue weighted by Crippen LogP contribution is 2.21. The molecule has 0 radical (unpaired) electrons. The Morgan fingerprint density at radius 3 is 2.68 bits per heavy atom. The zero-order valence-corrected chi connectivity index (χ0v) is 14.8. The van der Waals surface area contributed by atoms with Crippen LogP contribution in [0.4, 0.5) is 0 Å². The number of carbonyl (C=O) groups excluding carboxylic acids is 2. The lowest BCUT2D eigenvalue weighted by atomic mass is 10.2. The van der Waals surface area contributed by atoms with E-state index in [1.165, 1.54) is 18.9 Å². The average Bonchev–Trinajstić information content (AvgIpc) is 3.16. The number of para-hydroxylation sites is 1. The normalized spacial score (nSPS) is 20.3. The van der Waals surface area contributed by atoms with Crippen LogP contribution in [-0.4, -0.2) is 55.9 Å². The van der Waals surface area contributed by atoms with Gasteiger partial charge in [-0.15, -0.1) is 0 Å². The molecule has 0 N–H and O–H groups in total. The third-order valence-electron chi connectivity index (χ3n) is 4.36. The molecule has 2 atom stereocenters. The van der Waals surface area contributed by atoms with Gasteiger partial charge in [-0.3, -0.25) is 4.79 Å². The van der Waals surface area contributed by atoms with Gasteiger partial charge in [0, 0.05) is 18.5 Å². The van der Waals surface area contributed by atoms with Crippen LogP contribution in [0.15, 0.2) is 34.7 Å². The number of hydrogen-bond donors (Lipinski definition) is 0. The molecule has 8 heteroatoms. The molecule has 1 fully saturated rings. The van der Waals surface area contributed by atoms with E-state index < -0.39 is 27.8 Å². The van der Waals surface area contributed by atoms with Gasteiger partial charge in [0.2, 0.25) is 5.76 Å². The van der Waals surface area contributed by atoms with E-state index in [-0.39, 0.29) is 23.3 Å². The van der Waals surface area contributed by atoms with Crippen LogP contribution in [0, 0.1) is 0 Å². The molecule has 134 valence electrons. The zero-order chi connectivity index (χ0) is 18.2. The summed E-state index contributed by atoms with van der Waals surface area (Å²) in [4.78, 5) is 25.9. The minimum absolute atomic E-state index is 0.0203. The largest absolute Gasteiger partial charge is 0.449 e. The molecular weight excluding hydrogens is 346 g/mol. The Kier molecular flexibility index (Phi) is 4.55. The summed E-state index contributed by atoms with van der Waals surface area (Å²) in [7, 11) is -1.57. The van der Waals surface area contributed by atoms with Crippen molar-refractivity contribution in [1.29, 1.82) is 0 Å². The van der Waals surface area contributed by atoms with Crippen LogP contribution in [0.3, 0.4) is 0 Å². The van der Waals surface area contributed by atoms with Crippen molar-refractivity contribution < 1.29 is 27.2 Å². The number of amides is 1. The summed E-state index contributed by atoms with van der Waals surface area (Å²) < 4.78 is 33.7. The maximum absolute atomic E-state index is 12.4. The SMILES string of the molecule is C[C@@H](OC(=O)c1cc2ccccc2o1)C(=O)N(C)[C@H]1CCS(=O)(=O)C1. The fraction of sp³-hybridized carbons (Fsp3) is 0.412. The molecule has 3 rings (SSSR count). The van der Waals surface area contributed by atoms with Gasteiger partial charge in [0.05, 0.1) is 11.5 Å². The van der Waals surface area contributed by atoms with Gasteiger partial charge in [-0.05, 0) is 25.5 Å². The Morgan fingerprint density at radius 1 is 1.32 bits per heavy atom. The van der Waals surface area contributed by atoms with Crippen molar-refractivity contribution in [1.82, 2.24) is 4.90 Å². The fourth-order valence-corrected chi connectivity index (χ4v) is 4.67. The maximum Gasteiger partial charge on any atom is 0.375 e. The number of carbonyl (C=O) groups is 2. The van der Waals surface area contributed by atoms with E-state index in [0.29, 0.717) is 12.0 Å².